The van der Waals surface area contributed by atoms with Gasteiger partial charge < -0.3 is 10.6 Å². The first-order valence-electron chi connectivity index (χ1n) is 7.81. The molecule has 1 unspecified atom stereocenters. The SMILES string of the molecule is O=C(Nc1ccc(F)c(N2CCCS2(=O)=O)c1)C1CCCCN1. The Morgan fingerprint density at radius 2 is 2.13 bits per heavy atom. The van der Waals surface area contributed by atoms with Crippen LogP contribution < -0.4 is 14.9 Å². The lowest BCUT2D eigenvalue weighted by molar-refractivity contribution is -0.118. The fourth-order valence-corrected chi connectivity index (χ4v) is 4.56. The van der Waals surface area contributed by atoms with Crippen LogP contribution in [-0.4, -0.2) is 39.2 Å². The number of halogens is 1. The Morgan fingerprint density at radius 3 is 2.78 bits per heavy atom. The Kier molecular flexibility index (Phi) is 4.54. The molecule has 1 amide bonds. The zero-order valence-corrected chi connectivity index (χ0v) is 13.5. The van der Waals surface area contributed by atoms with Gasteiger partial charge in [-0.15, -0.1) is 0 Å². The lowest BCUT2D eigenvalue weighted by atomic mass is 10.0. The van der Waals surface area contributed by atoms with Gasteiger partial charge in [-0.1, -0.05) is 6.42 Å². The molecule has 0 radical (unpaired) electrons. The summed E-state index contributed by atoms with van der Waals surface area (Å²) in [6, 6.07) is 3.77. The van der Waals surface area contributed by atoms with Gasteiger partial charge >= 0.3 is 0 Å². The number of carbonyl (C=O) groups excluding carboxylic acids is 1. The second kappa shape index (κ2) is 6.45. The number of nitrogens with one attached hydrogen (secondary N) is 2. The Balaban J connectivity index is 1.79. The number of carbonyl (C=O) groups is 1. The van der Waals surface area contributed by atoms with Gasteiger partial charge in [0.15, 0.2) is 0 Å². The van der Waals surface area contributed by atoms with Gasteiger partial charge in [-0.3, -0.25) is 9.10 Å². The molecule has 3 rings (SSSR count). The molecule has 2 N–H and O–H groups in total. The van der Waals surface area contributed by atoms with Gasteiger partial charge in [0.2, 0.25) is 15.9 Å². The van der Waals surface area contributed by atoms with E-state index in [1.165, 1.54) is 18.2 Å². The highest BCUT2D eigenvalue weighted by Gasteiger charge is 2.30. The van der Waals surface area contributed by atoms with Crippen molar-refractivity contribution in [3.63, 3.8) is 0 Å². The first-order valence-corrected chi connectivity index (χ1v) is 9.42. The van der Waals surface area contributed by atoms with Crippen LogP contribution in [0.2, 0.25) is 0 Å². The molecule has 1 atom stereocenters. The second-order valence-electron chi connectivity index (χ2n) is 5.90. The zero-order valence-electron chi connectivity index (χ0n) is 12.7. The van der Waals surface area contributed by atoms with Gasteiger partial charge in [-0.05, 0) is 44.0 Å². The maximum atomic E-state index is 14.0. The van der Waals surface area contributed by atoms with E-state index in [0.717, 1.165) is 30.1 Å². The predicted molar refractivity (Wildman–Crippen MR) is 86.4 cm³/mol. The summed E-state index contributed by atoms with van der Waals surface area (Å²) in [5, 5.41) is 5.88. The van der Waals surface area contributed by atoms with Crippen LogP contribution in [0.4, 0.5) is 15.8 Å². The Labute approximate surface area is 135 Å². The van der Waals surface area contributed by atoms with Crippen LogP contribution in [0.1, 0.15) is 25.7 Å². The molecule has 8 heteroatoms. The number of amides is 1. The van der Waals surface area contributed by atoms with Crippen molar-refractivity contribution in [1.29, 1.82) is 0 Å². The van der Waals surface area contributed by atoms with Crippen LogP contribution in [0, 0.1) is 5.82 Å². The van der Waals surface area contributed by atoms with E-state index < -0.39 is 15.8 Å². The van der Waals surface area contributed by atoms with Crippen molar-refractivity contribution in [2.45, 2.75) is 31.7 Å². The summed E-state index contributed by atoms with van der Waals surface area (Å²) < 4.78 is 39.0. The van der Waals surface area contributed by atoms with Crippen molar-refractivity contribution in [2.24, 2.45) is 0 Å². The third-order valence-electron chi connectivity index (χ3n) is 4.21. The van der Waals surface area contributed by atoms with Crippen LogP contribution in [-0.2, 0) is 14.8 Å². The molecule has 2 saturated heterocycles. The highest BCUT2D eigenvalue weighted by molar-refractivity contribution is 7.93. The molecule has 0 saturated carbocycles. The standard InChI is InChI=1S/C15H20FN3O3S/c16-12-6-5-11(18-15(20)13-4-1-2-7-17-13)10-14(12)19-8-3-9-23(19,21)22/h5-6,10,13,17H,1-4,7-9H2,(H,18,20). The van der Waals surface area contributed by atoms with Crippen molar-refractivity contribution in [2.75, 3.05) is 28.5 Å². The topological polar surface area (TPSA) is 78.5 Å². The molecular weight excluding hydrogens is 321 g/mol. The maximum absolute atomic E-state index is 14.0. The van der Waals surface area contributed by atoms with Gasteiger partial charge in [-0.25, -0.2) is 12.8 Å². The summed E-state index contributed by atoms with van der Waals surface area (Å²) >= 11 is 0. The number of sulfonamides is 1. The lowest BCUT2D eigenvalue weighted by Gasteiger charge is -2.23. The number of benzene rings is 1. The molecule has 2 heterocycles. The summed E-state index contributed by atoms with van der Waals surface area (Å²) in [4.78, 5) is 12.2. The number of hydrogen-bond acceptors (Lipinski definition) is 4. The van der Waals surface area contributed by atoms with Crippen molar-refractivity contribution in [3.8, 4) is 0 Å². The first-order chi connectivity index (χ1) is 11.0. The van der Waals surface area contributed by atoms with E-state index in [2.05, 4.69) is 10.6 Å². The number of rotatable bonds is 3. The molecule has 2 aliphatic heterocycles. The summed E-state index contributed by atoms with van der Waals surface area (Å²) in [6.45, 7) is 1.07. The summed E-state index contributed by atoms with van der Waals surface area (Å²) in [5.74, 6) is -0.759. The summed E-state index contributed by atoms with van der Waals surface area (Å²) in [6.07, 6.45) is 3.29. The Morgan fingerprint density at radius 1 is 1.30 bits per heavy atom. The largest absolute Gasteiger partial charge is 0.325 e. The third kappa shape index (κ3) is 3.48. The van der Waals surface area contributed by atoms with Crippen LogP contribution in [0.3, 0.4) is 0 Å². The lowest BCUT2D eigenvalue weighted by Crippen LogP contribution is -2.43. The van der Waals surface area contributed by atoms with Crippen LogP contribution in [0.25, 0.3) is 0 Å². The minimum Gasteiger partial charge on any atom is -0.325 e. The number of anilines is 2. The molecule has 0 aliphatic carbocycles. The predicted octanol–water partition coefficient (Wildman–Crippen LogP) is 1.45. The van der Waals surface area contributed by atoms with E-state index >= 15 is 0 Å². The van der Waals surface area contributed by atoms with E-state index in [1.54, 1.807) is 0 Å². The Bertz CT molecular complexity index is 702. The van der Waals surface area contributed by atoms with E-state index in [1.807, 2.05) is 0 Å². The molecule has 1 aromatic rings. The minimum atomic E-state index is -3.46. The summed E-state index contributed by atoms with van der Waals surface area (Å²) in [5.41, 5.74) is 0.401. The fourth-order valence-electron chi connectivity index (χ4n) is 3.00. The van der Waals surface area contributed by atoms with Crippen LogP contribution in [0.15, 0.2) is 18.2 Å². The van der Waals surface area contributed by atoms with Gasteiger partial charge in [0.05, 0.1) is 17.5 Å². The third-order valence-corrected chi connectivity index (χ3v) is 6.06. The number of nitrogens with zero attached hydrogens (tertiary/aromatic N) is 1. The summed E-state index contributed by atoms with van der Waals surface area (Å²) in [7, 11) is -3.46. The van der Waals surface area contributed by atoms with Crippen LogP contribution in [0.5, 0.6) is 0 Å². The monoisotopic (exact) mass is 341 g/mol. The van der Waals surface area contributed by atoms with Crippen molar-refractivity contribution in [3.05, 3.63) is 24.0 Å². The number of piperidine rings is 1. The molecule has 2 aliphatic rings. The van der Waals surface area contributed by atoms with E-state index in [0.29, 0.717) is 12.1 Å². The van der Waals surface area contributed by atoms with Crippen molar-refractivity contribution >= 4 is 27.3 Å². The quantitative estimate of drug-likeness (QED) is 0.872. The van der Waals surface area contributed by atoms with Crippen molar-refractivity contribution in [1.82, 2.24) is 5.32 Å². The average molecular weight is 341 g/mol. The maximum Gasteiger partial charge on any atom is 0.241 e. The minimum absolute atomic E-state index is 0.00287. The average Bonchev–Trinajstić information content (AvgIpc) is 2.89. The molecule has 0 aromatic heterocycles. The van der Waals surface area contributed by atoms with E-state index in [-0.39, 0.29) is 29.9 Å². The van der Waals surface area contributed by atoms with Gasteiger partial charge in [0.1, 0.15) is 5.82 Å². The molecule has 0 spiro atoms. The van der Waals surface area contributed by atoms with E-state index in [9.17, 15) is 17.6 Å². The first kappa shape index (κ1) is 16.2. The molecule has 2 fully saturated rings. The molecular formula is C15H20FN3O3S. The zero-order chi connectivity index (χ0) is 16.4. The molecule has 1 aromatic carbocycles. The molecule has 23 heavy (non-hydrogen) atoms. The second-order valence-corrected chi connectivity index (χ2v) is 7.91. The van der Waals surface area contributed by atoms with Gasteiger partial charge in [0, 0.05) is 12.2 Å². The van der Waals surface area contributed by atoms with Gasteiger partial charge in [-0.2, -0.15) is 0 Å². The molecule has 6 nitrogen and oxygen atoms in total. The Hall–Kier alpha value is -1.67. The van der Waals surface area contributed by atoms with Crippen molar-refractivity contribution < 1.29 is 17.6 Å². The van der Waals surface area contributed by atoms with E-state index in [4.69, 9.17) is 0 Å². The van der Waals surface area contributed by atoms with Crippen LogP contribution >= 0.6 is 0 Å². The fraction of sp³-hybridized carbons (Fsp3) is 0.533. The normalized spacial score (nSPS) is 23.7. The molecule has 126 valence electrons. The highest BCUT2D eigenvalue weighted by atomic mass is 32.2. The molecule has 0 bridgehead atoms. The number of hydrogen-bond donors (Lipinski definition) is 2. The van der Waals surface area contributed by atoms with Gasteiger partial charge in [0.25, 0.3) is 0 Å². The highest BCUT2D eigenvalue weighted by Crippen LogP contribution is 2.29. The smallest absolute Gasteiger partial charge is 0.241 e.